The van der Waals surface area contributed by atoms with Gasteiger partial charge >= 0.3 is 5.97 Å². The van der Waals surface area contributed by atoms with Crippen molar-refractivity contribution in [3.05, 3.63) is 78.4 Å². The van der Waals surface area contributed by atoms with Gasteiger partial charge in [0.2, 0.25) is 0 Å². The SMILES string of the molecule is COc1cc(/C=C/C(=O)O)cc(S(=O)(=O)Nc2ccc(Oc3ccccc3)cc2)c1OC. The molecule has 0 aliphatic rings. The zero-order valence-corrected chi connectivity index (χ0v) is 18.1. The van der Waals surface area contributed by atoms with Gasteiger partial charge in [-0.3, -0.25) is 4.72 Å². The van der Waals surface area contributed by atoms with Crippen LogP contribution in [0, 0.1) is 0 Å². The number of hydrogen-bond acceptors (Lipinski definition) is 6. The van der Waals surface area contributed by atoms with E-state index in [1.165, 1.54) is 32.4 Å². The van der Waals surface area contributed by atoms with Crippen LogP contribution in [0.1, 0.15) is 5.56 Å². The number of benzene rings is 3. The van der Waals surface area contributed by atoms with E-state index in [0.29, 0.717) is 22.7 Å². The number of para-hydroxylation sites is 1. The van der Waals surface area contributed by atoms with Crippen LogP contribution < -0.4 is 18.9 Å². The number of carbonyl (C=O) groups is 1. The average Bonchev–Trinajstić information content (AvgIpc) is 2.78. The van der Waals surface area contributed by atoms with E-state index in [1.54, 1.807) is 24.3 Å². The summed E-state index contributed by atoms with van der Waals surface area (Å²) in [7, 11) is -1.42. The Morgan fingerprint density at radius 1 is 0.938 bits per heavy atom. The number of methoxy groups -OCH3 is 2. The monoisotopic (exact) mass is 455 g/mol. The van der Waals surface area contributed by atoms with E-state index in [0.717, 1.165) is 6.08 Å². The molecule has 2 N–H and O–H groups in total. The van der Waals surface area contributed by atoms with E-state index in [2.05, 4.69) is 4.72 Å². The summed E-state index contributed by atoms with van der Waals surface area (Å²) in [6, 6.07) is 18.4. The fourth-order valence-electron chi connectivity index (χ4n) is 2.84. The second-order valence-corrected chi connectivity index (χ2v) is 8.12. The lowest BCUT2D eigenvalue weighted by Gasteiger charge is -2.15. The van der Waals surface area contributed by atoms with Crippen LogP contribution in [0.15, 0.2) is 77.7 Å². The van der Waals surface area contributed by atoms with Gasteiger partial charge in [0, 0.05) is 11.8 Å². The summed E-state index contributed by atoms with van der Waals surface area (Å²) in [5.74, 6) is 0.173. The zero-order chi connectivity index (χ0) is 23.1. The molecular weight excluding hydrogens is 434 g/mol. The molecule has 32 heavy (non-hydrogen) atoms. The number of hydrogen-bond donors (Lipinski definition) is 2. The Morgan fingerprint density at radius 3 is 2.19 bits per heavy atom. The van der Waals surface area contributed by atoms with Gasteiger partial charge in [-0.25, -0.2) is 13.2 Å². The van der Waals surface area contributed by atoms with Crippen molar-refractivity contribution in [3.63, 3.8) is 0 Å². The molecule has 0 amide bonds. The van der Waals surface area contributed by atoms with E-state index in [1.807, 2.05) is 30.3 Å². The van der Waals surface area contributed by atoms with Gasteiger partial charge in [0.05, 0.1) is 14.2 Å². The molecule has 0 aliphatic carbocycles. The Morgan fingerprint density at radius 2 is 1.59 bits per heavy atom. The second-order valence-electron chi connectivity index (χ2n) is 6.47. The number of carboxylic acid groups (broad SMARTS) is 1. The highest BCUT2D eigenvalue weighted by Gasteiger charge is 2.24. The van der Waals surface area contributed by atoms with E-state index < -0.39 is 16.0 Å². The van der Waals surface area contributed by atoms with Crippen molar-refractivity contribution >= 4 is 27.8 Å². The Labute approximate surface area is 185 Å². The lowest BCUT2D eigenvalue weighted by atomic mass is 10.2. The maximum Gasteiger partial charge on any atom is 0.328 e. The summed E-state index contributed by atoms with van der Waals surface area (Å²) in [6.45, 7) is 0. The Kier molecular flexibility index (Phi) is 7.01. The molecule has 3 aromatic rings. The fourth-order valence-corrected chi connectivity index (χ4v) is 4.11. The molecule has 3 aromatic carbocycles. The average molecular weight is 455 g/mol. The maximum absolute atomic E-state index is 13.1. The van der Waals surface area contributed by atoms with E-state index in [-0.39, 0.29) is 16.4 Å². The minimum atomic E-state index is -4.10. The number of anilines is 1. The van der Waals surface area contributed by atoms with Gasteiger partial charge in [0.15, 0.2) is 11.5 Å². The predicted molar refractivity (Wildman–Crippen MR) is 120 cm³/mol. The molecule has 0 heterocycles. The van der Waals surface area contributed by atoms with Crippen LogP contribution in [0.2, 0.25) is 0 Å². The van der Waals surface area contributed by atoms with Crippen molar-refractivity contribution < 1.29 is 32.5 Å². The first-order valence-corrected chi connectivity index (χ1v) is 10.8. The number of nitrogens with one attached hydrogen (secondary N) is 1. The molecule has 3 rings (SSSR count). The number of sulfonamides is 1. The molecular formula is C23H21NO7S. The first-order chi connectivity index (χ1) is 15.3. The van der Waals surface area contributed by atoms with Crippen LogP contribution in [0.25, 0.3) is 6.08 Å². The quantitative estimate of drug-likeness (QED) is 0.460. The third kappa shape index (κ3) is 5.58. The van der Waals surface area contributed by atoms with Gasteiger partial charge in [-0.15, -0.1) is 0 Å². The fraction of sp³-hybridized carbons (Fsp3) is 0.0870. The van der Waals surface area contributed by atoms with Gasteiger partial charge in [-0.1, -0.05) is 18.2 Å². The molecule has 0 fully saturated rings. The van der Waals surface area contributed by atoms with E-state index >= 15 is 0 Å². The lowest BCUT2D eigenvalue weighted by Crippen LogP contribution is -2.14. The molecule has 9 heteroatoms. The minimum Gasteiger partial charge on any atom is -0.493 e. The summed E-state index contributed by atoms with van der Waals surface area (Å²) in [5, 5.41) is 8.86. The molecule has 8 nitrogen and oxygen atoms in total. The van der Waals surface area contributed by atoms with Gasteiger partial charge in [-0.2, -0.15) is 0 Å². The molecule has 0 aliphatic heterocycles. The van der Waals surface area contributed by atoms with Crippen molar-refractivity contribution in [2.75, 3.05) is 18.9 Å². The van der Waals surface area contributed by atoms with Crippen molar-refractivity contribution in [3.8, 4) is 23.0 Å². The van der Waals surface area contributed by atoms with Crippen LogP contribution in [0.3, 0.4) is 0 Å². The van der Waals surface area contributed by atoms with Crippen molar-refractivity contribution in [1.82, 2.24) is 0 Å². The molecule has 166 valence electrons. The van der Waals surface area contributed by atoms with Gasteiger partial charge in [0.1, 0.15) is 16.4 Å². The maximum atomic E-state index is 13.1. The Hall–Kier alpha value is -3.98. The van der Waals surface area contributed by atoms with Gasteiger partial charge in [0.25, 0.3) is 10.0 Å². The van der Waals surface area contributed by atoms with E-state index in [9.17, 15) is 13.2 Å². The molecule has 0 unspecified atom stereocenters. The molecule has 0 saturated heterocycles. The lowest BCUT2D eigenvalue weighted by molar-refractivity contribution is -0.131. The normalized spacial score (nSPS) is 11.2. The molecule has 0 spiro atoms. The largest absolute Gasteiger partial charge is 0.493 e. The Bertz CT molecular complexity index is 1220. The summed E-state index contributed by atoms with van der Waals surface area (Å²) in [4.78, 5) is 10.6. The highest BCUT2D eigenvalue weighted by molar-refractivity contribution is 7.92. The summed E-state index contributed by atoms with van der Waals surface area (Å²) < 4.78 is 44.9. The van der Waals surface area contributed by atoms with Crippen molar-refractivity contribution in [2.24, 2.45) is 0 Å². The second kappa shape index (κ2) is 9.88. The molecule has 0 bridgehead atoms. The van der Waals surface area contributed by atoms with E-state index in [4.69, 9.17) is 19.3 Å². The highest BCUT2D eigenvalue weighted by atomic mass is 32.2. The summed E-state index contributed by atoms with van der Waals surface area (Å²) in [6.07, 6.45) is 2.16. The summed E-state index contributed by atoms with van der Waals surface area (Å²) in [5.41, 5.74) is 0.620. The third-order valence-electron chi connectivity index (χ3n) is 4.26. The minimum absolute atomic E-state index is 0.00324. The third-order valence-corrected chi connectivity index (χ3v) is 5.65. The number of carboxylic acids is 1. The number of rotatable bonds is 9. The molecule has 0 saturated carbocycles. The van der Waals surface area contributed by atoms with Crippen molar-refractivity contribution in [1.29, 1.82) is 0 Å². The predicted octanol–water partition coefficient (Wildman–Crippen LogP) is 4.39. The van der Waals surface area contributed by atoms with Crippen LogP contribution in [0.4, 0.5) is 5.69 Å². The van der Waals surface area contributed by atoms with Gasteiger partial charge < -0.3 is 19.3 Å². The molecule has 0 atom stereocenters. The standard InChI is InChI=1S/C23H21NO7S/c1-29-20-14-16(8-13-22(25)26)15-21(23(20)30-2)32(27,28)24-17-9-11-19(12-10-17)31-18-6-4-3-5-7-18/h3-15,24H,1-2H3,(H,25,26)/b13-8+. The van der Waals surface area contributed by atoms with Gasteiger partial charge in [-0.05, 0) is 60.2 Å². The van der Waals surface area contributed by atoms with Crippen LogP contribution in [0.5, 0.6) is 23.0 Å². The molecule has 0 radical (unpaired) electrons. The number of aliphatic carboxylic acids is 1. The smallest absolute Gasteiger partial charge is 0.328 e. The first-order valence-electron chi connectivity index (χ1n) is 9.35. The Balaban J connectivity index is 1.89. The van der Waals surface area contributed by atoms with Crippen molar-refractivity contribution in [2.45, 2.75) is 4.90 Å². The van der Waals surface area contributed by atoms with Crippen LogP contribution >= 0.6 is 0 Å². The number of ether oxygens (including phenoxy) is 3. The van der Waals surface area contributed by atoms with Crippen LogP contribution in [-0.4, -0.2) is 33.7 Å². The first kappa shape index (κ1) is 22.7. The molecule has 0 aromatic heterocycles. The van der Waals surface area contributed by atoms with Crippen LogP contribution in [-0.2, 0) is 14.8 Å². The zero-order valence-electron chi connectivity index (χ0n) is 17.3. The topological polar surface area (TPSA) is 111 Å². The highest BCUT2D eigenvalue weighted by Crippen LogP contribution is 2.37. The summed E-state index contributed by atoms with van der Waals surface area (Å²) >= 11 is 0.